The highest BCUT2D eigenvalue weighted by Crippen LogP contribution is 2.27. The second kappa shape index (κ2) is 11.1. The SMILES string of the molecule is Cc1ccc(N(CC(=O)N/N=C\c2ccc(-c3ccc([N+](=O)[O-])cc3)o2)S(=O)(=O)c2ccccc2)c(C)c1. The van der Waals surface area contributed by atoms with Crippen molar-refractivity contribution in [2.75, 3.05) is 10.8 Å². The number of nitro groups is 1. The highest BCUT2D eigenvalue weighted by Gasteiger charge is 2.28. The second-order valence-electron chi connectivity index (χ2n) is 8.41. The van der Waals surface area contributed by atoms with E-state index in [2.05, 4.69) is 10.5 Å². The largest absolute Gasteiger partial charge is 0.455 e. The first-order valence-electron chi connectivity index (χ1n) is 11.5. The van der Waals surface area contributed by atoms with Crippen molar-refractivity contribution in [2.45, 2.75) is 18.7 Å². The van der Waals surface area contributed by atoms with Gasteiger partial charge in [0.05, 0.1) is 21.7 Å². The zero-order valence-electron chi connectivity index (χ0n) is 20.6. The van der Waals surface area contributed by atoms with E-state index in [-0.39, 0.29) is 10.6 Å². The van der Waals surface area contributed by atoms with Crippen LogP contribution in [0.2, 0.25) is 0 Å². The highest BCUT2D eigenvalue weighted by molar-refractivity contribution is 7.92. The molecule has 0 aliphatic heterocycles. The predicted octanol–water partition coefficient (Wildman–Crippen LogP) is 4.82. The topological polar surface area (TPSA) is 135 Å². The van der Waals surface area contributed by atoms with Gasteiger partial charge in [-0.1, -0.05) is 35.9 Å². The van der Waals surface area contributed by atoms with Gasteiger partial charge in [0.1, 0.15) is 18.1 Å². The number of benzene rings is 3. The van der Waals surface area contributed by atoms with Gasteiger partial charge in [0, 0.05) is 17.7 Å². The molecule has 0 aliphatic carbocycles. The maximum absolute atomic E-state index is 13.5. The number of nitro benzene ring substituents is 1. The summed E-state index contributed by atoms with van der Waals surface area (Å²) in [6.45, 7) is 3.19. The molecule has 0 unspecified atom stereocenters. The van der Waals surface area contributed by atoms with Gasteiger partial charge in [-0.2, -0.15) is 5.10 Å². The fourth-order valence-electron chi connectivity index (χ4n) is 3.76. The van der Waals surface area contributed by atoms with Crippen LogP contribution < -0.4 is 9.73 Å². The highest BCUT2D eigenvalue weighted by atomic mass is 32.2. The first-order valence-corrected chi connectivity index (χ1v) is 12.9. The van der Waals surface area contributed by atoms with Crippen molar-refractivity contribution in [3.05, 3.63) is 112 Å². The van der Waals surface area contributed by atoms with Crippen molar-refractivity contribution in [3.63, 3.8) is 0 Å². The standard InChI is InChI=1S/C27H24N4O6S/c1-19-8-14-25(20(2)16-19)30(38(35,36)24-6-4-3-5-7-24)18-27(32)29-28-17-23-13-15-26(37-23)21-9-11-22(12-10-21)31(33)34/h3-17H,18H2,1-2H3,(H,29,32)/b28-17-. The van der Waals surface area contributed by atoms with E-state index in [1.54, 1.807) is 61.5 Å². The number of nitrogens with zero attached hydrogens (tertiary/aromatic N) is 3. The summed E-state index contributed by atoms with van der Waals surface area (Å²) in [7, 11) is -4.04. The van der Waals surface area contributed by atoms with Crippen molar-refractivity contribution < 1.29 is 22.6 Å². The summed E-state index contributed by atoms with van der Waals surface area (Å²) in [6, 6.07) is 22.3. The summed E-state index contributed by atoms with van der Waals surface area (Å²) in [4.78, 5) is 23.2. The third-order valence-electron chi connectivity index (χ3n) is 5.61. The van der Waals surface area contributed by atoms with Crippen LogP contribution in [-0.2, 0) is 14.8 Å². The van der Waals surface area contributed by atoms with Crippen LogP contribution in [0.15, 0.2) is 99.3 Å². The van der Waals surface area contributed by atoms with E-state index in [1.807, 2.05) is 13.0 Å². The summed E-state index contributed by atoms with van der Waals surface area (Å²) in [5.74, 6) is 0.132. The molecule has 0 fully saturated rings. The van der Waals surface area contributed by atoms with Crippen molar-refractivity contribution in [1.29, 1.82) is 0 Å². The number of non-ortho nitro benzene ring substituents is 1. The Bertz CT molecular complexity index is 1600. The lowest BCUT2D eigenvalue weighted by Crippen LogP contribution is -2.40. The molecule has 0 radical (unpaired) electrons. The number of hydrogen-bond donors (Lipinski definition) is 1. The Morgan fingerprint density at radius 2 is 1.74 bits per heavy atom. The number of nitrogens with one attached hydrogen (secondary N) is 1. The van der Waals surface area contributed by atoms with Crippen LogP contribution in [-0.4, -0.2) is 32.0 Å². The van der Waals surface area contributed by atoms with E-state index in [4.69, 9.17) is 4.42 Å². The summed E-state index contributed by atoms with van der Waals surface area (Å²) < 4.78 is 33.6. The number of rotatable bonds is 9. The fraction of sp³-hybridized carbons (Fsp3) is 0.111. The van der Waals surface area contributed by atoms with Crippen molar-refractivity contribution in [3.8, 4) is 11.3 Å². The van der Waals surface area contributed by atoms with E-state index in [9.17, 15) is 23.3 Å². The molecule has 194 valence electrons. The van der Waals surface area contributed by atoms with Gasteiger partial charge in [0.15, 0.2) is 0 Å². The number of amides is 1. The number of sulfonamides is 1. The lowest BCUT2D eigenvalue weighted by Gasteiger charge is -2.25. The van der Waals surface area contributed by atoms with E-state index in [0.717, 1.165) is 9.87 Å². The van der Waals surface area contributed by atoms with E-state index < -0.39 is 27.4 Å². The quantitative estimate of drug-likeness (QED) is 0.187. The number of hydrazone groups is 1. The maximum atomic E-state index is 13.5. The first-order chi connectivity index (χ1) is 18.1. The third kappa shape index (κ3) is 5.95. The summed E-state index contributed by atoms with van der Waals surface area (Å²) in [5, 5.41) is 14.7. The molecule has 38 heavy (non-hydrogen) atoms. The molecule has 11 heteroatoms. The zero-order valence-corrected chi connectivity index (χ0v) is 21.4. The van der Waals surface area contributed by atoms with Crippen LogP contribution >= 0.6 is 0 Å². The normalized spacial score (nSPS) is 11.4. The zero-order chi connectivity index (χ0) is 27.3. The van der Waals surface area contributed by atoms with Crippen LogP contribution in [0.25, 0.3) is 11.3 Å². The molecule has 0 saturated carbocycles. The Morgan fingerprint density at radius 3 is 2.39 bits per heavy atom. The minimum absolute atomic E-state index is 0.0334. The summed E-state index contributed by atoms with van der Waals surface area (Å²) >= 11 is 0. The number of carbonyl (C=O) groups excluding carboxylic acids is 1. The number of anilines is 1. The molecule has 10 nitrogen and oxygen atoms in total. The average Bonchev–Trinajstić information content (AvgIpc) is 3.37. The van der Waals surface area contributed by atoms with Gasteiger partial charge >= 0.3 is 0 Å². The molecule has 1 amide bonds. The molecule has 0 aliphatic rings. The molecule has 4 rings (SSSR count). The van der Waals surface area contributed by atoms with Gasteiger partial charge in [-0.05, 0) is 61.9 Å². The maximum Gasteiger partial charge on any atom is 0.269 e. The van der Waals surface area contributed by atoms with Crippen LogP contribution in [0.3, 0.4) is 0 Å². The fourth-order valence-corrected chi connectivity index (χ4v) is 5.27. The van der Waals surface area contributed by atoms with Gasteiger partial charge in [-0.3, -0.25) is 19.2 Å². The Labute approximate surface area is 219 Å². The molecule has 0 saturated heterocycles. The van der Waals surface area contributed by atoms with Crippen LogP contribution in [0.5, 0.6) is 0 Å². The number of carbonyl (C=O) groups is 1. The van der Waals surface area contributed by atoms with Crippen LogP contribution in [0.1, 0.15) is 16.9 Å². The molecular formula is C27H24N4O6S. The number of furan rings is 1. The molecule has 4 aromatic rings. The van der Waals surface area contributed by atoms with Gasteiger partial charge < -0.3 is 4.42 Å². The van der Waals surface area contributed by atoms with Gasteiger partial charge in [-0.15, -0.1) is 0 Å². The van der Waals surface area contributed by atoms with E-state index in [1.165, 1.54) is 30.5 Å². The number of hydrogen-bond acceptors (Lipinski definition) is 7. The molecule has 0 atom stereocenters. The van der Waals surface area contributed by atoms with E-state index >= 15 is 0 Å². The first kappa shape index (κ1) is 26.3. The minimum Gasteiger partial charge on any atom is -0.455 e. The lowest BCUT2D eigenvalue weighted by molar-refractivity contribution is -0.384. The molecule has 0 spiro atoms. The molecule has 1 aromatic heterocycles. The summed E-state index contributed by atoms with van der Waals surface area (Å²) in [5.41, 5.74) is 5.00. The average molecular weight is 533 g/mol. The third-order valence-corrected chi connectivity index (χ3v) is 7.38. The van der Waals surface area contributed by atoms with Gasteiger partial charge in [0.2, 0.25) is 0 Å². The molecule has 1 N–H and O–H groups in total. The van der Waals surface area contributed by atoms with Crippen LogP contribution in [0.4, 0.5) is 11.4 Å². The monoisotopic (exact) mass is 532 g/mol. The Kier molecular flexibility index (Phi) is 7.68. The molecule has 0 bridgehead atoms. The minimum atomic E-state index is -4.04. The second-order valence-corrected chi connectivity index (χ2v) is 10.3. The Morgan fingerprint density at radius 1 is 1.03 bits per heavy atom. The molecular weight excluding hydrogens is 508 g/mol. The Hall–Kier alpha value is -4.77. The Balaban J connectivity index is 1.49. The number of aryl methyl sites for hydroxylation is 2. The van der Waals surface area contributed by atoms with Crippen molar-refractivity contribution >= 4 is 33.5 Å². The molecule has 3 aromatic carbocycles. The van der Waals surface area contributed by atoms with Gasteiger partial charge in [-0.25, -0.2) is 13.8 Å². The van der Waals surface area contributed by atoms with Crippen LogP contribution in [0, 0.1) is 24.0 Å². The van der Waals surface area contributed by atoms with Crippen molar-refractivity contribution in [1.82, 2.24) is 5.43 Å². The van der Waals surface area contributed by atoms with E-state index in [0.29, 0.717) is 28.3 Å². The summed E-state index contributed by atoms with van der Waals surface area (Å²) in [6.07, 6.45) is 1.28. The predicted molar refractivity (Wildman–Crippen MR) is 143 cm³/mol. The smallest absolute Gasteiger partial charge is 0.269 e. The lowest BCUT2D eigenvalue weighted by atomic mass is 10.1. The van der Waals surface area contributed by atoms with Gasteiger partial charge in [0.25, 0.3) is 21.6 Å². The molecule has 1 heterocycles. The van der Waals surface area contributed by atoms with Crippen molar-refractivity contribution in [2.24, 2.45) is 5.10 Å².